The van der Waals surface area contributed by atoms with Crippen LogP contribution < -0.4 is 9.47 Å². The average molecular weight is 268 g/mol. The van der Waals surface area contributed by atoms with Crippen molar-refractivity contribution in [1.29, 1.82) is 0 Å². The van der Waals surface area contributed by atoms with Crippen LogP contribution in [-0.4, -0.2) is 7.11 Å². The van der Waals surface area contributed by atoms with Gasteiger partial charge < -0.3 is 9.47 Å². The summed E-state index contributed by atoms with van der Waals surface area (Å²) in [6.45, 7) is 0. The van der Waals surface area contributed by atoms with E-state index in [1.807, 2.05) is 0 Å². The molecular weight excluding hydrogens is 257 g/mol. The van der Waals surface area contributed by atoms with Crippen molar-refractivity contribution in [2.45, 2.75) is 6.18 Å². The van der Waals surface area contributed by atoms with Crippen LogP contribution in [0.3, 0.4) is 0 Å². The molecule has 2 aromatic carbocycles. The molecule has 0 bridgehead atoms. The Morgan fingerprint density at radius 3 is 2.16 bits per heavy atom. The van der Waals surface area contributed by atoms with Crippen LogP contribution in [0.2, 0.25) is 0 Å². The minimum absolute atomic E-state index is 0.0404. The zero-order valence-electron chi connectivity index (χ0n) is 10.1. The van der Waals surface area contributed by atoms with Crippen molar-refractivity contribution >= 4 is 0 Å². The molecule has 0 unspecified atom stereocenters. The van der Waals surface area contributed by atoms with E-state index in [4.69, 9.17) is 9.47 Å². The third-order valence-electron chi connectivity index (χ3n) is 2.47. The minimum atomic E-state index is -4.50. The molecule has 19 heavy (non-hydrogen) atoms. The lowest BCUT2D eigenvalue weighted by Gasteiger charge is -2.16. The summed E-state index contributed by atoms with van der Waals surface area (Å²) >= 11 is 0. The highest BCUT2D eigenvalue weighted by atomic mass is 19.4. The second-order valence-electron chi connectivity index (χ2n) is 3.75. The molecule has 0 heterocycles. The lowest BCUT2D eigenvalue weighted by molar-refractivity contribution is -0.138. The Hall–Kier alpha value is -2.17. The van der Waals surface area contributed by atoms with E-state index >= 15 is 0 Å². The maximum atomic E-state index is 12.9. The molecule has 0 aliphatic rings. The highest BCUT2D eigenvalue weighted by Crippen LogP contribution is 2.43. The van der Waals surface area contributed by atoms with Crippen molar-refractivity contribution in [3.63, 3.8) is 0 Å². The van der Waals surface area contributed by atoms with Gasteiger partial charge in [-0.15, -0.1) is 0 Å². The standard InChI is InChI=1S/C14H11F3O2/c1-18-12-9-5-8-11(14(15,16)17)13(12)19-10-6-3-2-4-7-10/h2-9H,1H3. The summed E-state index contributed by atoms with van der Waals surface area (Å²) in [5.41, 5.74) is -0.865. The first kappa shape index (κ1) is 13.3. The number of hydrogen-bond acceptors (Lipinski definition) is 2. The summed E-state index contributed by atoms with van der Waals surface area (Å²) in [6, 6.07) is 11.9. The Bertz CT molecular complexity index is 550. The van der Waals surface area contributed by atoms with Crippen molar-refractivity contribution in [3.05, 3.63) is 54.1 Å². The molecule has 0 spiro atoms. The second-order valence-corrected chi connectivity index (χ2v) is 3.75. The fraction of sp³-hybridized carbons (Fsp3) is 0.143. The lowest BCUT2D eigenvalue weighted by atomic mass is 10.1. The molecule has 0 aliphatic carbocycles. The Labute approximate surface area is 108 Å². The first-order chi connectivity index (χ1) is 9.02. The second kappa shape index (κ2) is 5.22. The SMILES string of the molecule is COc1cccc(C(F)(F)F)c1Oc1ccccc1. The van der Waals surface area contributed by atoms with Gasteiger partial charge in [0.05, 0.1) is 7.11 Å². The Morgan fingerprint density at radius 1 is 0.895 bits per heavy atom. The summed E-state index contributed by atoms with van der Waals surface area (Å²) < 4.78 is 49.0. The molecule has 5 heteroatoms. The molecule has 0 amide bonds. The molecule has 0 aliphatic heterocycles. The highest BCUT2D eigenvalue weighted by Gasteiger charge is 2.36. The molecule has 0 fully saturated rings. The summed E-state index contributed by atoms with van der Waals surface area (Å²) in [6.07, 6.45) is -4.50. The predicted molar refractivity (Wildman–Crippen MR) is 64.5 cm³/mol. The van der Waals surface area contributed by atoms with Crippen molar-refractivity contribution in [2.75, 3.05) is 7.11 Å². The van der Waals surface area contributed by atoms with E-state index in [-0.39, 0.29) is 11.5 Å². The Morgan fingerprint density at radius 2 is 1.58 bits per heavy atom. The molecule has 0 N–H and O–H groups in total. The van der Waals surface area contributed by atoms with Gasteiger partial charge in [-0.05, 0) is 24.3 Å². The topological polar surface area (TPSA) is 18.5 Å². The van der Waals surface area contributed by atoms with E-state index in [1.54, 1.807) is 30.3 Å². The lowest BCUT2D eigenvalue weighted by Crippen LogP contribution is -2.08. The number of para-hydroxylation sites is 2. The number of hydrogen-bond donors (Lipinski definition) is 0. The van der Waals surface area contributed by atoms with Crippen LogP contribution in [0.4, 0.5) is 13.2 Å². The average Bonchev–Trinajstić information content (AvgIpc) is 2.39. The van der Waals surface area contributed by atoms with Gasteiger partial charge in [-0.25, -0.2) is 0 Å². The zero-order valence-corrected chi connectivity index (χ0v) is 10.1. The zero-order chi connectivity index (χ0) is 13.9. The molecule has 0 radical (unpaired) electrons. The fourth-order valence-electron chi connectivity index (χ4n) is 1.61. The van der Waals surface area contributed by atoms with Crippen LogP contribution in [0, 0.1) is 0 Å². The molecule has 2 rings (SSSR count). The largest absolute Gasteiger partial charge is 0.493 e. The van der Waals surface area contributed by atoms with Gasteiger partial charge in [-0.1, -0.05) is 24.3 Å². The highest BCUT2D eigenvalue weighted by molar-refractivity contribution is 5.50. The van der Waals surface area contributed by atoms with Gasteiger partial charge in [0.25, 0.3) is 0 Å². The Balaban J connectivity index is 2.48. The van der Waals surface area contributed by atoms with Crippen LogP contribution in [0.5, 0.6) is 17.2 Å². The molecule has 2 nitrogen and oxygen atoms in total. The van der Waals surface area contributed by atoms with Crippen molar-refractivity contribution in [1.82, 2.24) is 0 Å². The van der Waals surface area contributed by atoms with Gasteiger partial charge in [-0.2, -0.15) is 13.2 Å². The van der Waals surface area contributed by atoms with Gasteiger partial charge >= 0.3 is 6.18 Å². The van der Waals surface area contributed by atoms with E-state index in [0.29, 0.717) is 5.75 Å². The quantitative estimate of drug-likeness (QED) is 0.815. The van der Waals surface area contributed by atoms with Gasteiger partial charge in [0.2, 0.25) is 0 Å². The molecular formula is C14H11F3O2. The fourth-order valence-corrected chi connectivity index (χ4v) is 1.61. The maximum absolute atomic E-state index is 12.9. The van der Waals surface area contributed by atoms with Crippen molar-refractivity contribution in [2.24, 2.45) is 0 Å². The first-order valence-corrected chi connectivity index (χ1v) is 5.49. The van der Waals surface area contributed by atoms with E-state index in [1.165, 1.54) is 19.2 Å². The predicted octanol–water partition coefficient (Wildman–Crippen LogP) is 4.51. The summed E-state index contributed by atoms with van der Waals surface area (Å²) in [4.78, 5) is 0. The smallest absolute Gasteiger partial charge is 0.420 e. The Kier molecular flexibility index (Phi) is 3.64. The monoisotopic (exact) mass is 268 g/mol. The number of methoxy groups -OCH3 is 1. The molecule has 100 valence electrons. The first-order valence-electron chi connectivity index (χ1n) is 5.49. The van der Waals surface area contributed by atoms with Gasteiger partial charge in [-0.3, -0.25) is 0 Å². The van der Waals surface area contributed by atoms with E-state index in [0.717, 1.165) is 6.07 Å². The molecule has 0 saturated heterocycles. The van der Waals surface area contributed by atoms with E-state index in [2.05, 4.69) is 0 Å². The minimum Gasteiger partial charge on any atom is -0.493 e. The van der Waals surface area contributed by atoms with Gasteiger partial charge in [0.1, 0.15) is 11.3 Å². The number of benzene rings is 2. The van der Waals surface area contributed by atoms with Crippen LogP contribution in [0.25, 0.3) is 0 Å². The summed E-state index contributed by atoms with van der Waals surface area (Å²) in [7, 11) is 1.30. The van der Waals surface area contributed by atoms with Gasteiger partial charge in [0, 0.05) is 0 Å². The third-order valence-corrected chi connectivity index (χ3v) is 2.47. The summed E-state index contributed by atoms with van der Waals surface area (Å²) in [5, 5.41) is 0. The van der Waals surface area contributed by atoms with Crippen LogP contribution in [0.15, 0.2) is 48.5 Å². The van der Waals surface area contributed by atoms with E-state index < -0.39 is 11.7 Å². The van der Waals surface area contributed by atoms with Crippen molar-refractivity contribution in [3.8, 4) is 17.2 Å². The van der Waals surface area contributed by atoms with Crippen molar-refractivity contribution < 1.29 is 22.6 Å². The number of rotatable bonds is 3. The number of ether oxygens (including phenoxy) is 2. The van der Waals surface area contributed by atoms with Crippen LogP contribution >= 0.6 is 0 Å². The van der Waals surface area contributed by atoms with Crippen LogP contribution in [0.1, 0.15) is 5.56 Å². The van der Waals surface area contributed by atoms with E-state index in [9.17, 15) is 13.2 Å². The maximum Gasteiger partial charge on any atom is 0.420 e. The molecule has 0 aromatic heterocycles. The third kappa shape index (κ3) is 2.99. The number of alkyl halides is 3. The van der Waals surface area contributed by atoms with Crippen LogP contribution in [-0.2, 0) is 6.18 Å². The normalized spacial score (nSPS) is 11.2. The molecule has 0 atom stereocenters. The molecule has 0 saturated carbocycles. The summed E-state index contributed by atoms with van der Waals surface area (Å²) in [5.74, 6) is 0.0277. The molecule has 2 aromatic rings. The number of halogens is 3. The van der Waals surface area contributed by atoms with Gasteiger partial charge in [0.15, 0.2) is 11.5 Å².